The molecule has 0 saturated carbocycles. The van der Waals surface area contributed by atoms with Crippen molar-refractivity contribution in [3.8, 4) is 22.4 Å². The van der Waals surface area contributed by atoms with Crippen LogP contribution in [0.2, 0.25) is 10.0 Å². The summed E-state index contributed by atoms with van der Waals surface area (Å²) in [5.41, 5.74) is 2.96. The molecule has 2 aromatic carbocycles. The molecular formula is C23H22Cl2N4O2. The summed E-state index contributed by atoms with van der Waals surface area (Å²) in [5, 5.41) is 10.9. The number of carbonyl (C=O) groups excluding carboxylic acids is 1. The normalized spacial score (nSPS) is 14.4. The average molecular weight is 457 g/mol. The molecule has 1 aliphatic heterocycles. The van der Waals surface area contributed by atoms with Crippen LogP contribution >= 0.6 is 23.2 Å². The van der Waals surface area contributed by atoms with Crippen molar-refractivity contribution in [2.75, 3.05) is 18.2 Å². The lowest BCUT2D eigenvalue weighted by molar-refractivity contribution is -0.120. The molecule has 0 unspecified atom stereocenters. The van der Waals surface area contributed by atoms with Crippen LogP contribution in [0.25, 0.3) is 22.4 Å². The third kappa shape index (κ3) is 5.05. The minimum absolute atomic E-state index is 0.200. The number of rotatable bonds is 5. The molecule has 160 valence electrons. The van der Waals surface area contributed by atoms with E-state index < -0.39 is 0 Å². The Morgan fingerprint density at radius 2 is 1.74 bits per heavy atom. The van der Waals surface area contributed by atoms with Gasteiger partial charge in [0.25, 0.3) is 0 Å². The fourth-order valence-electron chi connectivity index (χ4n) is 3.62. The number of anilines is 1. The molecular weight excluding hydrogens is 435 g/mol. The smallest absolute Gasteiger partial charge is 0.242 e. The van der Waals surface area contributed by atoms with Crippen molar-refractivity contribution >= 4 is 34.9 Å². The molecule has 3 aromatic rings. The van der Waals surface area contributed by atoms with Crippen LogP contribution in [0.5, 0.6) is 0 Å². The summed E-state index contributed by atoms with van der Waals surface area (Å²) in [4.78, 5) is 12.8. The minimum Gasteiger partial charge on any atom is -0.381 e. The topological polar surface area (TPSA) is 81.3 Å². The molecule has 8 heteroatoms. The van der Waals surface area contributed by atoms with Gasteiger partial charge in [-0.1, -0.05) is 53.5 Å². The van der Waals surface area contributed by atoms with E-state index in [0.717, 1.165) is 34.5 Å². The molecule has 1 fully saturated rings. The van der Waals surface area contributed by atoms with E-state index in [1.54, 1.807) is 24.3 Å². The molecule has 0 aliphatic carbocycles. The van der Waals surface area contributed by atoms with Gasteiger partial charge in [-0.05, 0) is 48.6 Å². The Morgan fingerprint density at radius 1 is 1.03 bits per heavy atom. The summed E-state index contributed by atoms with van der Waals surface area (Å²) in [6.45, 7) is 1.35. The van der Waals surface area contributed by atoms with E-state index in [1.165, 1.54) is 0 Å². The third-order valence-electron chi connectivity index (χ3n) is 5.38. The summed E-state index contributed by atoms with van der Waals surface area (Å²) in [7, 11) is 0. The van der Waals surface area contributed by atoms with Crippen LogP contribution in [0.15, 0.2) is 54.6 Å². The molecule has 1 aromatic heterocycles. The van der Waals surface area contributed by atoms with E-state index in [9.17, 15) is 4.79 Å². The van der Waals surface area contributed by atoms with E-state index in [2.05, 4.69) is 10.2 Å². The molecule has 1 saturated heterocycles. The zero-order valence-corrected chi connectivity index (χ0v) is 18.3. The Kier molecular flexibility index (Phi) is 6.83. The monoisotopic (exact) mass is 456 g/mol. The lowest BCUT2D eigenvalue weighted by atomic mass is 9.96. The predicted molar refractivity (Wildman–Crippen MR) is 123 cm³/mol. The molecule has 1 amide bonds. The molecule has 0 atom stereocenters. The van der Waals surface area contributed by atoms with Gasteiger partial charge in [0, 0.05) is 35.8 Å². The molecule has 0 spiro atoms. The van der Waals surface area contributed by atoms with Gasteiger partial charge >= 0.3 is 0 Å². The number of hydrogen-bond acceptors (Lipinski definition) is 5. The van der Waals surface area contributed by atoms with Crippen LogP contribution in [0.3, 0.4) is 0 Å². The second-order valence-electron chi connectivity index (χ2n) is 7.48. The first-order valence-corrected chi connectivity index (χ1v) is 10.8. The molecule has 0 bridgehead atoms. The van der Waals surface area contributed by atoms with Crippen molar-refractivity contribution in [2.45, 2.75) is 19.3 Å². The van der Waals surface area contributed by atoms with Crippen LogP contribution in [0.4, 0.5) is 5.82 Å². The minimum atomic E-state index is -0.200. The SMILES string of the molecule is NN(C(=O)CC1CCOCC1)c1cc(-c2ccc(Cl)cc2)c(-c2ccccc2Cl)nn1. The molecule has 6 nitrogen and oxygen atoms in total. The van der Waals surface area contributed by atoms with E-state index in [4.69, 9.17) is 33.8 Å². The predicted octanol–water partition coefficient (Wildman–Crippen LogP) is 5.14. The number of hydrazine groups is 1. The average Bonchev–Trinajstić information content (AvgIpc) is 2.80. The number of hydrogen-bond donors (Lipinski definition) is 1. The number of ether oxygens (including phenoxy) is 1. The van der Waals surface area contributed by atoms with Crippen LogP contribution in [0.1, 0.15) is 19.3 Å². The molecule has 2 N–H and O–H groups in total. The summed E-state index contributed by atoms with van der Waals surface area (Å²) in [6.07, 6.45) is 2.06. The number of nitrogens with zero attached hydrogens (tertiary/aromatic N) is 3. The first-order chi connectivity index (χ1) is 15.0. The van der Waals surface area contributed by atoms with Gasteiger partial charge in [-0.25, -0.2) is 10.9 Å². The van der Waals surface area contributed by atoms with Crippen LogP contribution in [-0.4, -0.2) is 29.3 Å². The highest BCUT2D eigenvalue weighted by atomic mass is 35.5. The zero-order valence-electron chi connectivity index (χ0n) is 16.8. The highest BCUT2D eigenvalue weighted by molar-refractivity contribution is 6.33. The van der Waals surface area contributed by atoms with E-state index in [0.29, 0.717) is 35.4 Å². The van der Waals surface area contributed by atoms with E-state index in [-0.39, 0.29) is 17.6 Å². The van der Waals surface area contributed by atoms with Crippen LogP contribution in [-0.2, 0) is 9.53 Å². The lowest BCUT2D eigenvalue weighted by Crippen LogP contribution is -2.39. The van der Waals surface area contributed by atoms with Crippen LogP contribution in [0, 0.1) is 5.92 Å². The highest BCUT2D eigenvalue weighted by Crippen LogP contribution is 2.36. The second kappa shape index (κ2) is 9.75. The molecule has 0 radical (unpaired) electrons. The van der Waals surface area contributed by atoms with Crippen molar-refractivity contribution in [3.05, 3.63) is 64.6 Å². The third-order valence-corrected chi connectivity index (χ3v) is 5.97. The van der Waals surface area contributed by atoms with E-state index in [1.807, 2.05) is 30.3 Å². The number of amides is 1. The lowest BCUT2D eigenvalue weighted by Gasteiger charge is -2.24. The Morgan fingerprint density at radius 3 is 2.45 bits per heavy atom. The largest absolute Gasteiger partial charge is 0.381 e. The summed E-state index contributed by atoms with van der Waals surface area (Å²) in [6, 6.07) is 16.5. The second-order valence-corrected chi connectivity index (χ2v) is 8.32. The fraction of sp³-hybridized carbons (Fsp3) is 0.261. The maximum atomic E-state index is 12.8. The molecule has 1 aliphatic rings. The zero-order chi connectivity index (χ0) is 21.8. The Hall–Kier alpha value is -2.51. The van der Waals surface area contributed by atoms with Gasteiger partial charge in [-0.3, -0.25) is 4.79 Å². The van der Waals surface area contributed by atoms with Crippen LogP contribution < -0.4 is 10.9 Å². The van der Waals surface area contributed by atoms with Gasteiger partial charge in [0.05, 0.1) is 5.02 Å². The van der Waals surface area contributed by atoms with Crippen molar-refractivity contribution in [1.29, 1.82) is 0 Å². The quantitative estimate of drug-likeness (QED) is 0.326. The number of carbonyl (C=O) groups is 1. The molecule has 4 rings (SSSR count). The maximum absolute atomic E-state index is 12.8. The highest BCUT2D eigenvalue weighted by Gasteiger charge is 2.23. The van der Waals surface area contributed by atoms with Gasteiger partial charge in [-0.2, -0.15) is 0 Å². The Bertz CT molecular complexity index is 1070. The van der Waals surface area contributed by atoms with Gasteiger partial charge in [0.15, 0.2) is 5.82 Å². The van der Waals surface area contributed by atoms with E-state index >= 15 is 0 Å². The standard InChI is InChI=1S/C23H22Cl2N4O2/c24-17-7-5-16(6-8-17)19-14-21(27-28-23(19)18-3-1-2-4-20(18)25)29(26)22(30)13-15-9-11-31-12-10-15/h1-8,14-15H,9-13,26H2. The number of benzene rings is 2. The fourth-order valence-corrected chi connectivity index (χ4v) is 3.98. The van der Waals surface area contributed by atoms with Crippen molar-refractivity contribution < 1.29 is 9.53 Å². The number of nitrogens with two attached hydrogens (primary N) is 1. The van der Waals surface area contributed by atoms with Gasteiger partial charge in [0.2, 0.25) is 5.91 Å². The number of aromatic nitrogens is 2. The Labute approximate surface area is 190 Å². The van der Waals surface area contributed by atoms with Gasteiger partial charge in [0.1, 0.15) is 5.69 Å². The first kappa shape index (κ1) is 21.7. The van der Waals surface area contributed by atoms with Crippen molar-refractivity contribution in [1.82, 2.24) is 10.2 Å². The number of halogens is 2. The first-order valence-electron chi connectivity index (χ1n) is 10.1. The van der Waals surface area contributed by atoms with Gasteiger partial charge < -0.3 is 4.74 Å². The maximum Gasteiger partial charge on any atom is 0.242 e. The summed E-state index contributed by atoms with van der Waals surface area (Å²) >= 11 is 12.5. The van der Waals surface area contributed by atoms with Crippen molar-refractivity contribution in [3.63, 3.8) is 0 Å². The molecule has 31 heavy (non-hydrogen) atoms. The summed E-state index contributed by atoms with van der Waals surface area (Å²) in [5.74, 6) is 6.49. The molecule has 2 heterocycles. The Balaban J connectivity index is 1.70. The summed E-state index contributed by atoms with van der Waals surface area (Å²) < 4.78 is 5.37. The van der Waals surface area contributed by atoms with Crippen molar-refractivity contribution in [2.24, 2.45) is 11.8 Å². The van der Waals surface area contributed by atoms with Gasteiger partial charge in [-0.15, -0.1) is 10.2 Å².